The van der Waals surface area contributed by atoms with Crippen molar-refractivity contribution < 1.29 is 29.0 Å². The highest BCUT2D eigenvalue weighted by Gasteiger charge is 2.69. The highest BCUT2D eigenvalue weighted by atomic mass is 16.5. The third-order valence-corrected chi connectivity index (χ3v) is 15.9. The van der Waals surface area contributed by atoms with Crippen LogP contribution in [0.25, 0.3) is 0 Å². The summed E-state index contributed by atoms with van der Waals surface area (Å²) in [6, 6.07) is 8.44. The van der Waals surface area contributed by atoms with Gasteiger partial charge in [-0.25, -0.2) is 4.79 Å². The minimum atomic E-state index is -1.06. The largest absolute Gasteiger partial charge is 0.480 e. The van der Waals surface area contributed by atoms with E-state index in [2.05, 4.69) is 65.2 Å². The molecular formula is C44H64N2O6. The molecule has 52 heavy (non-hydrogen) atoms. The van der Waals surface area contributed by atoms with E-state index in [4.69, 9.17) is 9.84 Å². The summed E-state index contributed by atoms with van der Waals surface area (Å²) in [6.07, 6.45) is 13.1. The Balaban J connectivity index is 1.22. The molecule has 0 aromatic heterocycles. The van der Waals surface area contributed by atoms with E-state index in [1.54, 1.807) is 0 Å². The number of carbonyl (C=O) groups is 4. The number of fused-ring (bicyclic) bond motifs is 7. The van der Waals surface area contributed by atoms with Crippen molar-refractivity contribution in [1.82, 2.24) is 10.6 Å². The molecule has 0 saturated heterocycles. The molecule has 0 radical (unpaired) electrons. The molecule has 2 amide bonds. The first-order valence-electron chi connectivity index (χ1n) is 20.1. The van der Waals surface area contributed by atoms with E-state index in [9.17, 15) is 19.2 Å². The number of rotatable bonds is 9. The van der Waals surface area contributed by atoms with Crippen molar-refractivity contribution in [2.24, 2.45) is 50.2 Å². The van der Waals surface area contributed by atoms with Crippen molar-refractivity contribution in [3.05, 3.63) is 47.5 Å². The predicted molar refractivity (Wildman–Crippen MR) is 202 cm³/mol. The summed E-state index contributed by atoms with van der Waals surface area (Å²) in [4.78, 5) is 51.0. The Hall–Kier alpha value is -3.16. The van der Waals surface area contributed by atoms with Gasteiger partial charge in [0.2, 0.25) is 11.8 Å². The van der Waals surface area contributed by atoms with Crippen LogP contribution in [0.5, 0.6) is 0 Å². The molecular weight excluding hydrogens is 652 g/mol. The number of amides is 2. The van der Waals surface area contributed by atoms with Crippen LogP contribution in [0.15, 0.2) is 42.0 Å². The second-order valence-electron chi connectivity index (χ2n) is 19.5. The number of carboxylic acids is 1. The maximum Gasteiger partial charge on any atom is 0.338 e. The molecule has 4 fully saturated rings. The van der Waals surface area contributed by atoms with Gasteiger partial charge in [-0.2, -0.15) is 0 Å². The van der Waals surface area contributed by atoms with E-state index < -0.39 is 17.4 Å². The average Bonchev–Trinajstić information content (AvgIpc) is 3.08. The molecule has 4 saturated carbocycles. The van der Waals surface area contributed by atoms with Gasteiger partial charge in [-0.3, -0.25) is 14.4 Å². The predicted octanol–water partition coefficient (Wildman–Crippen LogP) is 8.50. The smallest absolute Gasteiger partial charge is 0.338 e. The van der Waals surface area contributed by atoms with Crippen molar-refractivity contribution in [1.29, 1.82) is 0 Å². The van der Waals surface area contributed by atoms with E-state index >= 15 is 0 Å². The fraction of sp³-hybridized carbons (Fsp3) is 0.727. The number of hydrogen-bond acceptors (Lipinski definition) is 5. The first-order chi connectivity index (χ1) is 24.3. The number of carbonyl (C=O) groups excluding carboxylic acids is 3. The molecule has 8 heteroatoms. The summed E-state index contributed by atoms with van der Waals surface area (Å²) in [5, 5.41) is 14.9. The maximum atomic E-state index is 14.4. The lowest BCUT2D eigenvalue weighted by Gasteiger charge is -2.71. The monoisotopic (exact) mass is 716 g/mol. The van der Waals surface area contributed by atoms with Crippen molar-refractivity contribution in [2.45, 2.75) is 145 Å². The van der Waals surface area contributed by atoms with Crippen molar-refractivity contribution in [3.63, 3.8) is 0 Å². The third kappa shape index (κ3) is 6.32. The van der Waals surface area contributed by atoms with Gasteiger partial charge >= 0.3 is 11.9 Å². The normalized spacial score (nSPS) is 37.7. The van der Waals surface area contributed by atoms with Gasteiger partial charge in [-0.1, -0.05) is 78.3 Å². The van der Waals surface area contributed by atoms with Crippen molar-refractivity contribution in [3.8, 4) is 0 Å². The first kappa shape index (κ1) is 38.6. The highest BCUT2D eigenvalue weighted by Crippen LogP contribution is 2.76. The quantitative estimate of drug-likeness (QED) is 0.134. The van der Waals surface area contributed by atoms with Crippen LogP contribution in [0.4, 0.5) is 0 Å². The minimum absolute atomic E-state index is 0.00848. The fourth-order valence-corrected chi connectivity index (χ4v) is 12.6. The van der Waals surface area contributed by atoms with E-state index in [1.165, 1.54) is 12.5 Å². The zero-order chi connectivity index (χ0) is 37.9. The van der Waals surface area contributed by atoms with Gasteiger partial charge in [0.25, 0.3) is 0 Å². The van der Waals surface area contributed by atoms with Crippen molar-refractivity contribution >= 4 is 23.8 Å². The molecule has 0 unspecified atom stereocenters. The summed E-state index contributed by atoms with van der Waals surface area (Å²) in [6.45, 7) is 18.9. The summed E-state index contributed by atoms with van der Waals surface area (Å²) in [5.74, 6) is -0.334. The van der Waals surface area contributed by atoms with Crippen LogP contribution in [0.3, 0.4) is 0 Å². The SMILES string of the molecule is C[C@H](NC(=O)CCCNC(=O)[C@]12CCC(C)(C)C[C@H]1C1=CC[C@@H]3[C@@]4(C)CC[C@H](OC(=O)c5ccccc5)C(C)(C)[C@@H]4CC[C@@]3(C)[C@]1(C)CC2)C(=O)O. The van der Waals surface area contributed by atoms with Crippen molar-refractivity contribution in [2.75, 3.05) is 6.54 Å². The molecule has 5 aliphatic carbocycles. The van der Waals surface area contributed by atoms with Crippen LogP contribution >= 0.6 is 0 Å². The molecule has 0 heterocycles. The third-order valence-electron chi connectivity index (χ3n) is 15.9. The van der Waals surface area contributed by atoms with Crippen LogP contribution in [-0.4, -0.2) is 47.6 Å². The minimum Gasteiger partial charge on any atom is -0.480 e. The zero-order valence-corrected chi connectivity index (χ0v) is 33.0. The number of benzene rings is 1. The molecule has 8 nitrogen and oxygen atoms in total. The van der Waals surface area contributed by atoms with Gasteiger partial charge in [0, 0.05) is 18.4 Å². The number of esters is 1. The Kier molecular flexibility index (Phi) is 10.1. The lowest BCUT2D eigenvalue weighted by atomic mass is 9.33. The number of aliphatic carboxylic acids is 1. The van der Waals surface area contributed by atoms with Gasteiger partial charge in [0.15, 0.2) is 0 Å². The topological polar surface area (TPSA) is 122 Å². The molecule has 0 bridgehead atoms. The average molecular weight is 717 g/mol. The Morgan fingerprint density at radius 2 is 1.58 bits per heavy atom. The van der Waals surface area contributed by atoms with Gasteiger partial charge < -0.3 is 20.5 Å². The zero-order valence-electron chi connectivity index (χ0n) is 33.0. The number of nitrogens with one attached hydrogen (secondary N) is 2. The number of hydrogen-bond donors (Lipinski definition) is 3. The second-order valence-corrected chi connectivity index (χ2v) is 19.5. The molecule has 286 valence electrons. The summed E-state index contributed by atoms with van der Waals surface area (Å²) in [7, 11) is 0. The van der Waals surface area contributed by atoms with Gasteiger partial charge in [-0.05, 0) is 129 Å². The van der Waals surface area contributed by atoms with E-state index in [-0.39, 0.29) is 63.3 Å². The van der Waals surface area contributed by atoms with Crippen LogP contribution in [0.2, 0.25) is 0 Å². The van der Waals surface area contributed by atoms with Gasteiger partial charge in [0.1, 0.15) is 12.1 Å². The van der Waals surface area contributed by atoms with Crippen LogP contribution < -0.4 is 10.6 Å². The summed E-state index contributed by atoms with van der Waals surface area (Å²) >= 11 is 0. The first-order valence-corrected chi connectivity index (χ1v) is 20.1. The number of allylic oxidation sites excluding steroid dienone is 2. The summed E-state index contributed by atoms with van der Waals surface area (Å²) in [5.41, 5.74) is 1.89. The number of ether oxygens (including phenoxy) is 1. The Morgan fingerprint density at radius 3 is 2.27 bits per heavy atom. The van der Waals surface area contributed by atoms with Crippen LogP contribution in [0, 0.1) is 50.2 Å². The Labute approximate surface area is 311 Å². The number of carboxylic acid groups (broad SMARTS) is 1. The maximum absolute atomic E-state index is 14.4. The standard InChI is InChI=1S/C44H64N2O6/c1-28(36(48)49)46-35(47)15-12-26-45-38(51)44-24-22-39(2,3)27-31(44)30-16-17-33-41(6)20-19-34(52-37(50)29-13-10-9-11-14-29)40(4,5)32(41)18-21-43(33,8)42(30,7)23-25-44/h9-11,13-14,16,28,31-34H,12,15,17-27H2,1-8H3,(H,45,51)(H,46,47)(H,48,49)/t28-,31-,32-,33+,34-,41-,42+,43+,44-/m0/s1. The molecule has 0 aliphatic heterocycles. The van der Waals surface area contributed by atoms with Gasteiger partial charge in [-0.15, -0.1) is 0 Å². The van der Waals surface area contributed by atoms with E-state index in [1.807, 2.05) is 30.3 Å². The van der Waals surface area contributed by atoms with E-state index in [0.29, 0.717) is 30.4 Å². The Bertz CT molecular complexity index is 1600. The summed E-state index contributed by atoms with van der Waals surface area (Å²) < 4.78 is 6.31. The molecule has 9 atom stereocenters. The molecule has 0 spiro atoms. The van der Waals surface area contributed by atoms with E-state index in [0.717, 1.165) is 64.2 Å². The fourth-order valence-electron chi connectivity index (χ4n) is 12.6. The van der Waals surface area contributed by atoms with Crippen LogP contribution in [0.1, 0.15) is 143 Å². The molecule has 1 aromatic carbocycles. The molecule has 6 rings (SSSR count). The highest BCUT2D eigenvalue weighted by molar-refractivity contribution is 5.89. The lowest BCUT2D eigenvalue weighted by molar-refractivity contribution is -0.204. The molecule has 5 aliphatic rings. The van der Waals surface area contributed by atoms with Crippen LogP contribution in [-0.2, 0) is 19.1 Å². The molecule has 1 aromatic rings. The second kappa shape index (κ2) is 13.6. The molecule has 3 N–H and O–H groups in total. The Morgan fingerprint density at radius 1 is 0.885 bits per heavy atom. The van der Waals surface area contributed by atoms with Gasteiger partial charge in [0.05, 0.1) is 11.0 Å². The lowest BCUT2D eigenvalue weighted by Crippen LogP contribution is -2.65.